The highest BCUT2D eigenvalue weighted by Crippen LogP contribution is 2.28. The van der Waals surface area contributed by atoms with Crippen LogP contribution in [0.5, 0.6) is 5.75 Å². The smallest absolute Gasteiger partial charge is 0.290 e. The Morgan fingerprint density at radius 2 is 1.82 bits per heavy atom. The molecule has 1 aromatic rings. The van der Waals surface area contributed by atoms with Crippen LogP contribution in [0.25, 0.3) is 6.08 Å². The van der Waals surface area contributed by atoms with Crippen molar-refractivity contribution < 1.29 is 23.5 Å². The predicted octanol–water partition coefficient (Wildman–Crippen LogP) is 1.99. The molecule has 2 rings (SSSR count). The molecule has 1 aliphatic rings. The van der Waals surface area contributed by atoms with Gasteiger partial charge in [0.2, 0.25) is 0 Å². The highest BCUT2D eigenvalue weighted by molar-refractivity contribution is 8.18. The third-order valence-corrected chi connectivity index (χ3v) is 2.79. The number of halogens is 2. The summed E-state index contributed by atoms with van der Waals surface area (Å²) in [6.45, 7) is 0. The van der Waals surface area contributed by atoms with E-state index in [0.29, 0.717) is 11.8 Å². The number of nitrogens with one attached hydrogen (secondary N) is 1. The van der Waals surface area contributed by atoms with Gasteiger partial charge in [-0.25, -0.2) is 8.78 Å². The molecule has 7 heteroatoms. The first kappa shape index (κ1) is 11.6. The largest absolute Gasteiger partial charge is 0.503 e. The highest BCUT2D eigenvalue weighted by atomic mass is 32.2. The molecule has 0 atom stereocenters. The Bertz CT molecular complexity index is 533. The fourth-order valence-electron chi connectivity index (χ4n) is 1.24. The summed E-state index contributed by atoms with van der Waals surface area (Å²) in [4.78, 5) is 22.1. The summed E-state index contributed by atoms with van der Waals surface area (Å²) in [5.41, 5.74) is 0.0464. The van der Waals surface area contributed by atoms with Crippen molar-refractivity contribution in [3.8, 4) is 5.75 Å². The number of hydrogen-bond donors (Lipinski definition) is 2. The number of amides is 2. The molecule has 0 bridgehead atoms. The van der Waals surface area contributed by atoms with Crippen LogP contribution in [0.1, 0.15) is 5.56 Å². The molecule has 1 heterocycles. The number of rotatable bonds is 1. The van der Waals surface area contributed by atoms with Crippen LogP contribution in [-0.2, 0) is 4.79 Å². The second-order valence-corrected chi connectivity index (χ2v) is 4.20. The lowest BCUT2D eigenvalue weighted by Gasteiger charge is -2.00. The minimum absolute atomic E-state index is 0.0412. The Morgan fingerprint density at radius 3 is 2.29 bits per heavy atom. The number of phenols is 1. The van der Waals surface area contributed by atoms with Gasteiger partial charge in [0, 0.05) is 0 Å². The van der Waals surface area contributed by atoms with E-state index < -0.39 is 28.5 Å². The Morgan fingerprint density at radius 1 is 1.24 bits per heavy atom. The van der Waals surface area contributed by atoms with Crippen LogP contribution in [0.2, 0.25) is 0 Å². The van der Waals surface area contributed by atoms with Gasteiger partial charge in [-0.1, -0.05) is 0 Å². The maximum absolute atomic E-state index is 13.0. The molecule has 17 heavy (non-hydrogen) atoms. The maximum atomic E-state index is 13.0. The standard InChI is InChI=1S/C10H5F2NO3S/c11-5-1-4(2-6(12)8(5)14)3-7-9(15)13-10(16)17-7/h1-3,14H,(H,13,15,16). The molecule has 0 radical (unpaired) electrons. The molecule has 1 aliphatic heterocycles. The molecule has 0 aliphatic carbocycles. The number of carbonyl (C=O) groups is 2. The van der Waals surface area contributed by atoms with Crippen molar-refractivity contribution in [3.05, 3.63) is 34.2 Å². The van der Waals surface area contributed by atoms with Gasteiger partial charge in [0.15, 0.2) is 17.4 Å². The van der Waals surface area contributed by atoms with Crippen molar-refractivity contribution in [1.29, 1.82) is 0 Å². The van der Waals surface area contributed by atoms with Gasteiger partial charge in [-0.15, -0.1) is 0 Å². The second-order valence-electron chi connectivity index (χ2n) is 3.19. The minimum atomic E-state index is -1.13. The summed E-state index contributed by atoms with van der Waals surface area (Å²) in [6, 6.07) is 1.73. The van der Waals surface area contributed by atoms with Crippen LogP contribution in [-0.4, -0.2) is 16.3 Å². The van der Waals surface area contributed by atoms with E-state index in [-0.39, 0.29) is 10.5 Å². The lowest BCUT2D eigenvalue weighted by molar-refractivity contribution is -0.115. The number of imide groups is 1. The summed E-state index contributed by atoms with van der Waals surface area (Å²) < 4.78 is 26.0. The number of thioether (sulfide) groups is 1. The van der Waals surface area contributed by atoms with E-state index in [0.717, 1.165) is 18.2 Å². The fraction of sp³-hybridized carbons (Fsp3) is 0. The van der Waals surface area contributed by atoms with Gasteiger partial charge in [0.25, 0.3) is 11.1 Å². The maximum Gasteiger partial charge on any atom is 0.290 e. The van der Waals surface area contributed by atoms with Crippen LogP contribution in [0.15, 0.2) is 17.0 Å². The van der Waals surface area contributed by atoms with Crippen molar-refractivity contribution in [2.24, 2.45) is 0 Å². The summed E-state index contributed by atoms with van der Waals surface area (Å²) in [6.07, 6.45) is 1.16. The molecule has 0 spiro atoms. The van der Waals surface area contributed by atoms with Gasteiger partial charge >= 0.3 is 0 Å². The van der Waals surface area contributed by atoms with Crippen LogP contribution in [0.3, 0.4) is 0 Å². The summed E-state index contributed by atoms with van der Waals surface area (Å²) in [5.74, 6) is -3.96. The van der Waals surface area contributed by atoms with Crippen molar-refractivity contribution >= 4 is 29.0 Å². The number of benzene rings is 1. The third kappa shape index (κ3) is 2.28. The minimum Gasteiger partial charge on any atom is -0.503 e. The molecule has 0 saturated carbocycles. The number of aromatic hydroxyl groups is 1. The zero-order chi connectivity index (χ0) is 12.6. The molecule has 1 aromatic carbocycles. The fourth-order valence-corrected chi connectivity index (χ4v) is 1.92. The van der Waals surface area contributed by atoms with E-state index in [1.807, 2.05) is 5.32 Å². The average Bonchev–Trinajstić information content (AvgIpc) is 2.54. The molecule has 0 aromatic heterocycles. The normalized spacial score (nSPS) is 17.6. The Balaban J connectivity index is 2.40. The molecular formula is C10H5F2NO3S. The van der Waals surface area contributed by atoms with Gasteiger partial charge < -0.3 is 5.11 Å². The van der Waals surface area contributed by atoms with Gasteiger partial charge in [-0.05, 0) is 35.5 Å². The Hall–Kier alpha value is -1.89. The van der Waals surface area contributed by atoms with Crippen LogP contribution >= 0.6 is 11.8 Å². The van der Waals surface area contributed by atoms with Crippen molar-refractivity contribution in [2.45, 2.75) is 0 Å². The first-order chi connectivity index (χ1) is 7.97. The lowest BCUT2D eigenvalue weighted by atomic mass is 10.2. The van der Waals surface area contributed by atoms with Crippen LogP contribution < -0.4 is 5.32 Å². The van der Waals surface area contributed by atoms with Crippen molar-refractivity contribution in [3.63, 3.8) is 0 Å². The zero-order valence-electron chi connectivity index (χ0n) is 8.16. The number of carbonyl (C=O) groups excluding carboxylic acids is 2. The highest BCUT2D eigenvalue weighted by Gasteiger charge is 2.25. The van der Waals surface area contributed by atoms with Gasteiger partial charge in [0.1, 0.15) is 0 Å². The summed E-state index contributed by atoms with van der Waals surface area (Å²) in [5, 5.41) is 10.3. The SMILES string of the molecule is O=C1NC(=O)C(=Cc2cc(F)c(O)c(F)c2)S1. The molecule has 1 saturated heterocycles. The second kappa shape index (κ2) is 4.17. The third-order valence-electron chi connectivity index (χ3n) is 1.98. The first-order valence-corrected chi connectivity index (χ1v) is 5.22. The molecule has 0 unspecified atom stereocenters. The first-order valence-electron chi connectivity index (χ1n) is 4.40. The molecule has 2 N–H and O–H groups in total. The van der Waals surface area contributed by atoms with E-state index >= 15 is 0 Å². The van der Waals surface area contributed by atoms with Gasteiger partial charge in [-0.2, -0.15) is 0 Å². The van der Waals surface area contributed by atoms with Crippen LogP contribution in [0, 0.1) is 11.6 Å². The predicted molar refractivity (Wildman–Crippen MR) is 57.1 cm³/mol. The lowest BCUT2D eigenvalue weighted by Crippen LogP contribution is -2.17. The Labute approximate surface area is 98.3 Å². The van der Waals surface area contributed by atoms with Gasteiger partial charge in [-0.3, -0.25) is 14.9 Å². The van der Waals surface area contributed by atoms with Crippen molar-refractivity contribution in [2.75, 3.05) is 0 Å². The topological polar surface area (TPSA) is 66.4 Å². The monoisotopic (exact) mass is 257 g/mol. The number of hydrogen-bond acceptors (Lipinski definition) is 4. The molecule has 1 fully saturated rings. The molecule has 88 valence electrons. The average molecular weight is 257 g/mol. The molecule has 4 nitrogen and oxygen atoms in total. The molecule has 2 amide bonds. The van der Waals surface area contributed by atoms with E-state index in [1.54, 1.807) is 0 Å². The summed E-state index contributed by atoms with van der Waals surface area (Å²) >= 11 is 0.639. The van der Waals surface area contributed by atoms with E-state index in [1.165, 1.54) is 0 Å². The van der Waals surface area contributed by atoms with Gasteiger partial charge in [0.05, 0.1) is 4.91 Å². The summed E-state index contributed by atoms with van der Waals surface area (Å²) in [7, 11) is 0. The van der Waals surface area contributed by atoms with E-state index in [9.17, 15) is 18.4 Å². The quantitative estimate of drug-likeness (QED) is 0.755. The number of phenolic OH excluding ortho intramolecular Hbond substituents is 1. The van der Waals surface area contributed by atoms with Crippen LogP contribution in [0.4, 0.5) is 13.6 Å². The Kier molecular flexibility index (Phi) is 2.84. The van der Waals surface area contributed by atoms with E-state index in [2.05, 4.69) is 0 Å². The molecular weight excluding hydrogens is 252 g/mol. The zero-order valence-corrected chi connectivity index (χ0v) is 8.98. The van der Waals surface area contributed by atoms with E-state index in [4.69, 9.17) is 5.11 Å². The van der Waals surface area contributed by atoms with Crippen molar-refractivity contribution in [1.82, 2.24) is 5.32 Å².